The van der Waals surface area contributed by atoms with Crippen LogP contribution in [0.2, 0.25) is 5.15 Å². The second-order valence-corrected chi connectivity index (χ2v) is 5.86. The van der Waals surface area contributed by atoms with Gasteiger partial charge in [0, 0.05) is 17.8 Å². The smallest absolute Gasteiger partial charge is 0.331 e. The number of aromatic nitrogens is 2. The van der Waals surface area contributed by atoms with Crippen molar-refractivity contribution in [3.8, 4) is 0 Å². The molecule has 0 fully saturated rings. The van der Waals surface area contributed by atoms with Gasteiger partial charge in [-0.1, -0.05) is 17.7 Å². The van der Waals surface area contributed by atoms with E-state index in [1.807, 2.05) is 12.1 Å². The average molecular weight is 373 g/mol. The van der Waals surface area contributed by atoms with Crippen LogP contribution in [-0.2, 0) is 9.53 Å². The number of ether oxygens (including phenoxy) is 1. The minimum atomic E-state index is -1.00. The van der Waals surface area contributed by atoms with Gasteiger partial charge in [-0.3, -0.25) is 9.20 Å². The summed E-state index contributed by atoms with van der Waals surface area (Å²) in [5.74, 6) is -1.56. The molecule has 0 amide bonds. The Labute approximate surface area is 153 Å². The molecule has 2 aromatic heterocycles. The summed E-state index contributed by atoms with van der Waals surface area (Å²) in [6.07, 6.45) is 3.41. The van der Waals surface area contributed by atoms with E-state index in [2.05, 4.69) is 4.98 Å². The number of benzene rings is 1. The van der Waals surface area contributed by atoms with Gasteiger partial charge >= 0.3 is 5.97 Å². The Bertz CT molecular complexity index is 996. The Morgan fingerprint density at radius 2 is 1.96 bits per heavy atom. The van der Waals surface area contributed by atoms with Crippen molar-refractivity contribution in [2.24, 2.45) is 0 Å². The monoisotopic (exact) mass is 372 g/mol. The number of imidazole rings is 1. The lowest BCUT2D eigenvalue weighted by Crippen LogP contribution is -2.23. The standard InChI is InChI=1S/C19H14ClFN2O3/c1-12(18(25)13-5-7-14(21)8-6-13)26-17(24)10-9-15-19(20)22-16-4-2-3-11-23(15)16/h2-12H,1H3/b10-9+/t12-/m1/s1. The van der Waals surface area contributed by atoms with E-state index >= 15 is 0 Å². The number of carbonyl (C=O) groups excluding carboxylic acids is 2. The first-order chi connectivity index (χ1) is 12.5. The van der Waals surface area contributed by atoms with Crippen LogP contribution in [0.15, 0.2) is 54.7 Å². The maximum atomic E-state index is 12.9. The first-order valence-corrected chi connectivity index (χ1v) is 8.14. The summed E-state index contributed by atoms with van der Waals surface area (Å²) in [7, 11) is 0. The first-order valence-electron chi connectivity index (χ1n) is 7.77. The zero-order valence-electron chi connectivity index (χ0n) is 13.7. The highest BCUT2D eigenvalue weighted by atomic mass is 35.5. The van der Waals surface area contributed by atoms with E-state index in [0.717, 1.165) is 0 Å². The molecule has 2 heterocycles. The number of nitrogens with zero attached hydrogens (tertiary/aromatic N) is 2. The van der Waals surface area contributed by atoms with Gasteiger partial charge in [0.1, 0.15) is 11.5 Å². The van der Waals surface area contributed by atoms with Crippen molar-refractivity contribution in [2.75, 3.05) is 0 Å². The van der Waals surface area contributed by atoms with E-state index in [1.54, 1.807) is 16.7 Å². The van der Waals surface area contributed by atoms with E-state index < -0.39 is 23.7 Å². The summed E-state index contributed by atoms with van der Waals surface area (Å²) in [5, 5.41) is 0.246. The van der Waals surface area contributed by atoms with Crippen LogP contribution < -0.4 is 0 Å². The van der Waals surface area contributed by atoms with Gasteiger partial charge in [-0.05, 0) is 49.4 Å². The Hall–Kier alpha value is -2.99. The van der Waals surface area contributed by atoms with E-state index in [4.69, 9.17) is 16.3 Å². The van der Waals surface area contributed by atoms with E-state index in [1.165, 1.54) is 43.3 Å². The zero-order valence-corrected chi connectivity index (χ0v) is 14.5. The third-order valence-corrected chi connectivity index (χ3v) is 3.97. The summed E-state index contributed by atoms with van der Waals surface area (Å²) in [5.41, 5.74) is 1.43. The molecule has 0 radical (unpaired) electrons. The topological polar surface area (TPSA) is 60.7 Å². The third-order valence-electron chi connectivity index (χ3n) is 3.69. The molecular weight excluding hydrogens is 359 g/mol. The highest BCUT2D eigenvalue weighted by Crippen LogP contribution is 2.19. The fourth-order valence-corrected chi connectivity index (χ4v) is 2.64. The summed E-state index contributed by atoms with van der Waals surface area (Å²) in [4.78, 5) is 28.4. The maximum absolute atomic E-state index is 12.9. The summed E-state index contributed by atoms with van der Waals surface area (Å²) >= 11 is 6.08. The zero-order chi connectivity index (χ0) is 18.7. The molecule has 0 aliphatic carbocycles. The Balaban J connectivity index is 1.69. The van der Waals surface area contributed by atoms with Gasteiger partial charge in [0.2, 0.25) is 5.78 Å². The maximum Gasteiger partial charge on any atom is 0.331 e. The molecule has 0 unspecified atom stereocenters. The van der Waals surface area contributed by atoms with Gasteiger partial charge in [-0.15, -0.1) is 0 Å². The average Bonchev–Trinajstić information content (AvgIpc) is 2.95. The fourth-order valence-electron chi connectivity index (χ4n) is 2.40. The van der Waals surface area contributed by atoms with Crippen molar-refractivity contribution in [1.29, 1.82) is 0 Å². The highest BCUT2D eigenvalue weighted by molar-refractivity contribution is 6.31. The number of Topliss-reactive ketones (excluding diaryl/α,β-unsaturated/α-hetero) is 1. The molecule has 0 saturated heterocycles. The number of rotatable bonds is 5. The molecule has 0 aliphatic heterocycles. The third kappa shape index (κ3) is 3.81. The lowest BCUT2D eigenvalue weighted by molar-refractivity contribution is -0.140. The predicted octanol–water partition coefficient (Wildman–Crippen LogP) is 3.95. The van der Waals surface area contributed by atoms with Gasteiger partial charge in [0.25, 0.3) is 0 Å². The van der Waals surface area contributed by atoms with Crippen molar-refractivity contribution >= 4 is 35.1 Å². The summed E-state index contributed by atoms with van der Waals surface area (Å²) < 4.78 is 19.7. The van der Waals surface area contributed by atoms with Crippen LogP contribution in [-0.4, -0.2) is 27.2 Å². The number of ketones is 1. The van der Waals surface area contributed by atoms with E-state index in [0.29, 0.717) is 11.3 Å². The number of halogens is 2. The number of fused-ring (bicyclic) bond motifs is 1. The lowest BCUT2D eigenvalue weighted by atomic mass is 10.1. The van der Waals surface area contributed by atoms with E-state index in [-0.39, 0.29) is 10.7 Å². The van der Waals surface area contributed by atoms with Crippen LogP contribution >= 0.6 is 11.6 Å². The van der Waals surface area contributed by atoms with Gasteiger partial charge in [0.15, 0.2) is 11.3 Å². The molecule has 1 atom stereocenters. The molecular formula is C19H14ClFN2O3. The molecule has 7 heteroatoms. The SMILES string of the molecule is C[C@@H](OC(=O)/C=C/c1c(Cl)nc2ccccn12)C(=O)c1ccc(F)cc1. The molecule has 0 saturated carbocycles. The second kappa shape index (κ2) is 7.49. The molecule has 0 bridgehead atoms. The summed E-state index contributed by atoms with van der Waals surface area (Å²) in [6.45, 7) is 1.46. The second-order valence-electron chi connectivity index (χ2n) is 5.50. The minimum Gasteiger partial charge on any atom is -0.451 e. The van der Waals surface area contributed by atoms with Crippen LogP contribution in [0, 0.1) is 5.82 Å². The molecule has 5 nitrogen and oxygen atoms in total. The highest BCUT2D eigenvalue weighted by Gasteiger charge is 2.18. The number of hydrogen-bond acceptors (Lipinski definition) is 4. The van der Waals surface area contributed by atoms with Gasteiger partial charge in [-0.2, -0.15) is 0 Å². The quantitative estimate of drug-likeness (QED) is 0.386. The van der Waals surface area contributed by atoms with Crippen molar-refractivity contribution < 1.29 is 18.7 Å². The van der Waals surface area contributed by atoms with Crippen molar-refractivity contribution in [3.63, 3.8) is 0 Å². The Morgan fingerprint density at radius 3 is 2.69 bits per heavy atom. The lowest BCUT2D eigenvalue weighted by Gasteiger charge is -2.10. The molecule has 0 aliphatic rings. The molecule has 3 aromatic rings. The largest absolute Gasteiger partial charge is 0.451 e. The molecule has 132 valence electrons. The summed E-state index contributed by atoms with van der Waals surface area (Å²) in [6, 6.07) is 10.5. The van der Waals surface area contributed by atoms with Crippen molar-refractivity contribution in [1.82, 2.24) is 9.38 Å². The number of pyridine rings is 1. The number of carbonyl (C=O) groups is 2. The van der Waals surface area contributed by atoms with Gasteiger partial charge in [-0.25, -0.2) is 14.2 Å². The minimum absolute atomic E-state index is 0.246. The van der Waals surface area contributed by atoms with Crippen LogP contribution in [0.5, 0.6) is 0 Å². The van der Waals surface area contributed by atoms with Gasteiger partial charge in [0.05, 0.1) is 5.69 Å². The van der Waals surface area contributed by atoms with Crippen molar-refractivity contribution in [3.05, 3.63) is 77.0 Å². The number of hydrogen-bond donors (Lipinski definition) is 0. The molecule has 0 spiro atoms. The predicted molar refractivity (Wildman–Crippen MR) is 95.5 cm³/mol. The van der Waals surface area contributed by atoms with Crippen LogP contribution in [0.4, 0.5) is 4.39 Å². The van der Waals surface area contributed by atoms with E-state index in [9.17, 15) is 14.0 Å². The normalized spacial score (nSPS) is 12.4. The molecule has 0 N–H and O–H groups in total. The Kier molecular flexibility index (Phi) is 5.14. The van der Waals surface area contributed by atoms with Gasteiger partial charge < -0.3 is 4.74 Å². The molecule has 3 rings (SSSR count). The molecule has 26 heavy (non-hydrogen) atoms. The van der Waals surface area contributed by atoms with Crippen LogP contribution in [0.3, 0.4) is 0 Å². The van der Waals surface area contributed by atoms with Crippen LogP contribution in [0.1, 0.15) is 23.0 Å². The first kappa shape index (κ1) is 17.8. The molecule has 1 aromatic carbocycles. The number of esters is 1. The van der Waals surface area contributed by atoms with Crippen LogP contribution in [0.25, 0.3) is 11.7 Å². The van der Waals surface area contributed by atoms with Crippen molar-refractivity contribution in [2.45, 2.75) is 13.0 Å². The fraction of sp³-hybridized carbons (Fsp3) is 0.105. The Morgan fingerprint density at radius 1 is 1.23 bits per heavy atom.